The summed E-state index contributed by atoms with van der Waals surface area (Å²) in [7, 11) is 0. The average molecular weight is 316 g/mol. The fraction of sp³-hybridized carbons (Fsp3) is 0.389. The highest BCUT2D eigenvalue weighted by molar-refractivity contribution is 6.12. The maximum absolute atomic E-state index is 12.7. The zero-order chi connectivity index (χ0) is 17.1. The van der Waals surface area contributed by atoms with Crippen molar-refractivity contribution < 1.29 is 23.9 Å². The number of hydrogen-bond donors (Lipinski definition) is 0. The Bertz CT molecular complexity index is 614. The standard InChI is InChI=1S/C18H20O5/c1-4-17(3,12-19)18(16(21)22-5-2)15(20)11-14(23-18)13-9-7-6-8-10-13/h4,6-10,12,14H,1,5,11H2,2-3H3/t14-,17+,18+/m1/s1. The first-order valence-electron chi connectivity index (χ1n) is 7.48. The Labute approximate surface area is 135 Å². The predicted octanol–water partition coefficient (Wildman–Crippen LogP) is 2.41. The molecule has 1 aliphatic heterocycles. The van der Waals surface area contributed by atoms with Crippen molar-refractivity contribution in [2.75, 3.05) is 6.61 Å². The van der Waals surface area contributed by atoms with E-state index in [9.17, 15) is 14.4 Å². The molecule has 1 aliphatic rings. The third-order valence-corrected chi connectivity index (χ3v) is 4.24. The van der Waals surface area contributed by atoms with Crippen LogP contribution in [0.1, 0.15) is 31.9 Å². The molecule has 2 rings (SSSR count). The Morgan fingerprint density at radius 1 is 1.48 bits per heavy atom. The number of benzene rings is 1. The van der Waals surface area contributed by atoms with E-state index < -0.39 is 28.9 Å². The molecular weight excluding hydrogens is 296 g/mol. The van der Waals surface area contributed by atoms with Gasteiger partial charge in [0.1, 0.15) is 6.29 Å². The van der Waals surface area contributed by atoms with E-state index in [4.69, 9.17) is 9.47 Å². The highest BCUT2D eigenvalue weighted by atomic mass is 16.6. The van der Waals surface area contributed by atoms with Gasteiger partial charge in [0.25, 0.3) is 0 Å². The van der Waals surface area contributed by atoms with Crippen LogP contribution in [0.15, 0.2) is 43.0 Å². The van der Waals surface area contributed by atoms with Crippen LogP contribution in [0.3, 0.4) is 0 Å². The number of ketones is 1. The van der Waals surface area contributed by atoms with Gasteiger partial charge < -0.3 is 14.3 Å². The molecule has 1 fully saturated rings. The van der Waals surface area contributed by atoms with Crippen LogP contribution >= 0.6 is 0 Å². The van der Waals surface area contributed by atoms with E-state index in [-0.39, 0.29) is 13.0 Å². The van der Waals surface area contributed by atoms with Gasteiger partial charge in [0.15, 0.2) is 5.78 Å². The first kappa shape index (κ1) is 17.1. The lowest BCUT2D eigenvalue weighted by molar-refractivity contribution is -0.186. The second-order valence-corrected chi connectivity index (χ2v) is 5.65. The summed E-state index contributed by atoms with van der Waals surface area (Å²) in [6, 6.07) is 9.11. The van der Waals surface area contributed by atoms with E-state index in [1.54, 1.807) is 6.92 Å². The molecule has 0 radical (unpaired) electrons. The van der Waals surface area contributed by atoms with Crippen LogP contribution in [0, 0.1) is 5.41 Å². The predicted molar refractivity (Wildman–Crippen MR) is 83.6 cm³/mol. The summed E-state index contributed by atoms with van der Waals surface area (Å²) in [4.78, 5) is 36.9. The average Bonchev–Trinajstić information content (AvgIpc) is 2.94. The Morgan fingerprint density at radius 3 is 2.65 bits per heavy atom. The molecule has 0 aliphatic carbocycles. The van der Waals surface area contributed by atoms with Crippen LogP contribution in [0.5, 0.6) is 0 Å². The van der Waals surface area contributed by atoms with Crippen LogP contribution in [0.25, 0.3) is 0 Å². The van der Waals surface area contributed by atoms with Crippen LogP contribution in [0.4, 0.5) is 0 Å². The SMILES string of the molecule is C=C[C@@](C)(C=O)[C@]1(C(=O)OCC)O[C@@H](c2ccccc2)CC1=O. The molecule has 1 saturated heterocycles. The number of esters is 1. The van der Waals surface area contributed by atoms with Crippen molar-refractivity contribution in [1.82, 2.24) is 0 Å². The fourth-order valence-corrected chi connectivity index (χ4v) is 2.80. The summed E-state index contributed by atoms with van der Waals surface area (Å²) in [5.74, 6) is -1.32. The van der Waals surface area contributed by atoms with Crippen LogP contribution in [-0.2, 0) is 23.9 Å². The molecule has 1 aromatic rings. The molecule has 0 N–H and O–H groups in total. The van der Waals surface area contributed by atoms with Gasteiger partial charge in [-0.15, -0.1) is 6.58 Å². The lowest BCUT2D eigenvalue weighted by atomic mass is 9.72. The van der Waals surface area contributed by atoms with Gasteiger partial charge in [0.2, 0.25) is 5.60 Å². The van der Waals surface area contributed by atoms with Gasteiger partial charge in [-0.05, 0) is 19.4 Å². The van der Waals surface area contributed by atoms with Gasteiger partial charge in [-0.3, -0.25) is 4.79 Å². The van der Waals surface area contributed by atoms with Gasteiger partial charge in [-0.25, -0.2) is 4.79 Å². The first-order chi connectivity index (χ1) is 10.9. The van der Waals surface area contributed by atoms with Gasteiger partial charge in [0.05, 0.1) is 18.1 Å². The maximum atomic E-state index is 12.7. The number of rotatable bonds is 6. The minimum atomic E-state index is -1.99. The number of aldehydes is 1. The number of Topliss-reactive ketones (excluding diaryl/α,β-unsaturated/α-hetero) is 1. The van der Waals surface area contributed by atoms with Crippen LogP contribution in [0.2, 0.25) is 0 Å². The van der Waals surface area contributed by atoms with E-state index >= 15 is 0 Å². The molecule has 122 valence electrons. The van der Waals surface area contributed by atoms with Gasteiger partial charge >= 0.3 is 5.97 Å². The summed E-state index contributed by atoms with van der Waals surface area (Å²) in [6.45, 7) is 6.76. The number of ether oxygens (including phenoxy) is 2. The highest BCUT2D eigenvalue weighted by Gasteiger charge is 2.65. The van der Waals surface area contributed by atoms with E-state index in [1.807, 2.05) is 30.3 Å². The lowest BCUT2D eigenvalue weighted by Gasteiger charge is -2.36. The minimum Gasteiger partial charge on any atom is -0.463 e. The molecule has 5 heteroatoms. The van der Waals surface area contributed by atoms with Gasteiger partial charge in [-0.2, -0.15) is 0 Å². The molecule has 0 saturated carbocycles. The quantitative estimate of drug-likeness (QED) is 0.349. The molecule has 0 bridgehead atoms. The molecule has 23 heavy (non-hydrogen) atoms. The van der Waals surface area contributed by atoms with Crippen molar-refractivity contribution >= 4 is 18.0 Å². The summed E-state index contributed by atoms with van der Waals surface area (Å²) in [5.41, 5.74) is -2.73. The zero-order valence-corrected chi connectivity index (χ0v) is 13.3. The number of carbonyl (C=O) groups is 3. The highest BCUT2D eigenvalue weighted by Crippen LogP contribution is 2.47. The van der Waals surface area contributed by atoms with Crippen molar-refractivity contribution in [2.24, 2.45) is 5.41 Å². The topological polar surface area (TPSA) is 69.7 Å². The van der Waals surface area contributed by atoms with Crippen LogP contribution in [-0.4, -0.2) is 30.2 Å². The molecule has 3 atom stereocenters. The molecular formula is C18H20O5. The summed E-state index contributed by atoms with van der Waals surface area (Å²) in [5, 5.41) is 0. The molecule has 1 aromatic carbocycles. The Hall–Kier alpha value is -2.27. The second kappa shape index (κ2) is 6.46. The molecule has 0 unspecified atom stereocenters. The molecule has 0 spiro atoms. The van der Waals surface area contributed by atoms with Crippen molar-refractivity contribution in [3.05, 3.63) is 48.6 Å². The minimum absolute atomic E-state index is 0.0000968. The smallest absolute Gasteiger partial charge is 0.347 e. The third-order valence-electron chi connectivity index (χ3n) is 4.24. The first-order valence-corrected chi connectivity index (χ1v) is 7.48. The Kier molecular flexibility index (Phi) is 4.80. The largest absolute Gasteiger partial charge is 0.463 e. The zero-order valence-electron chi connectivity index (χ0n) is 13.3. The molecule has 5 nitrogen and oxygen atoms in total. The van der Waals surface area contributed by atoms with E-state index in [0.29, 0.717) is 6.29 Å². The second-order valence-electron chi connectivity index (χ2n) is 5.65. The normalized spacial score (nSPS) is 26.3. The van der Waals surface area contributed by atoms with Crippen molar-refractivity contribution in [3.63, 3.8) is 0 Å². The van der Waals surface area contributed by atoms with Gasteiger partial charge in [-0.1, -0.05) is 36.4 Å². The van der Waals surface area contributed by atoms with E-state index in [0.717, 1.165) is 5.56 Å². The summed E-state index contributed by atoms with van der Waals surface area (Å²) in [6.07, 6.45) is 1.18. The molecule has 1 heterocycles. The maximum Gasteiger partial charge on any atom is 0.347 e. The van der Waals surface area contributed by atoms with Crippen molar-refractivity contribution in [2.45, 2.75) is 32.0 Å². The number of hydrogen-bond acceptors (Lipinski definition) is 5. The summed E-state index contributed by atoms with van der Waals surface area (Å²) >= 11 is 0. The fourth-order valence-electron chi connectivity index (χ4n) is 2.80. The van der Waals surface area contributed by atoms with E-state index in [2.05, 4.69) is 6.58 Å². The number of carbonyl (C=O) groups excluding carboxylic acids is 3. The van der Waals surface area contributed by atoms with E-state index in [1.165, 1.54) is 13.0 Å². The van der Waals surface area contributed by atoms with Gasteiger partial charge in [0, 0.05) is 6.42 Å². The Morgan fingerprint density at radius 2 is 2.13 bits per heavy atom. The van der Waals surface area contributed by atoms with Crippen LogP contribution < -0.4 is 0 Å². The lowest BCUT2D eigenvalue weighted by Crippen LogP contribution is -2.58. The van der Waals surface area contributed by atoms with Crippen molar-refractivity contribution in [3.8, 4) is 0 Å². The Balaban J connectivity index is 2.51. The van der Waals surface area contributed by atoms with Crippen molar-refractivity contribution in [1.29, 1.82) is 0 Å². The monoisotopic (exact) mass is 316 g/mol. The molecule has 0 amide bonds. The summed E-state index contributed by atoms with van der Waals surface area (Å²) < 4.78 is 10.9. The molecule has 0 aromatic heterocycles. The third kappa shape index (κ3) is 2.61.